The molecule has 0 fully saturated rings. The van der Waals surface area contributed by atoms with Gasteiger partial charge in [-0.3, -0.25) is 4.79 Å². The maximum atomic E-state index is 13.1. The van der Waals surface area contributed by atoms with E-state index < -0.39 is 9.84 Å². The average molecular weight is 435 g/mol. The van der Waals surface area contributed by atoms with E-state index in [9.17, 15) is 18.5 Å². The van der Waals surface area contributed by atoms with Gasteiger partial charge in [-0.25, -0.2) is 8.42 Å². The third kappa shape index (κ3) is 3.39. The van der Waals surface area contributed by atoms with Gasteiger partial charge in [0.15, 0.2) is 0 Å². The zero-order valence-corrected chi connectivity index (χ0v) is 17.4. The first kappa shape index (κ1) is 19.9. The number of nitrogens with zero attached hydrogens (tertiary/aromatic N) is 2. The normalized spacial score (nSPS) is 11.4. The van der Waals surface area contributed by atoms with Crippen LogP contribution < -0.4 is 5.56 Å². The molecule has 1 heterocycles. The van der Waals surface area contributed by atoms with Crippen molar-refractivity contribution in [2.24, 2.45) is 7.05 Å². The number of pyridine rings is 1. The summed E-state index contributed by atoms with van der Waals surface area (Å²) in [7, 11) is -2.15. The summed E-state index contributed by atoms with van der Waals surface area (Å²) in [4.78, 5) is 12.7. The summed E-state index contributed by atoms with van der Waals surface area (Å²) in [5.41, 5.74) is 2.05. The Balaban J connectivity index is 2.00. The number of nitriles is 1. The lowest BCUT2D eigenvalue weighted by atomic mass is 9.99. The van der Waals surface area contributed by atoms with Crippen LogP contribution >= 0.6 is 11.6 Å². The van der Waals surface area contributed by atoms with E-state index in [-0.39, 0.29) is 15.4 Å². The number of hydrogen-bond acceptors (Lipinski definition) is 4. The highest BCUT2D eigenvalue weighted by atomic mass is 35.5. The van der Waals surface area contributed by atoms with Gasteiger partial charge in [-0.05, 0) is 65.7 Å². The Morgan fingerprint density at radius 1 is 0.933 bits per heavy atom. The number of benzene rings is 3. The predicted molar refractivity (Wildman–Crippen MR) is 116 cm³/mol. The maximum absolute atomic E-state index is 13.1. The van der Waals surface area contributed by atoms with Gasteiger partial charge in [-0.15, -0.1) is 0 Å². The molecule has 3 aromatic carbocycles. The highest BCUT2D eigenvalue weighted by Crippen LogP contribution is 2.31. The van der Waals surface area contributed by atoms with Crippen molar-refractivity contribution < 1.29 is 8.42 Å². The fraction of sp³-hybridized carbons (Fsp3) is 0.0435. The van der Waals surface area contributed by atoms with Crippen molar-refractivity contribution in [2.45, 2.75) is 9.79 Å². The molecular weight excluding hydrogens is 420 g/mol. The molecule has 0 unspecified atom stereocenters. The number of sulfone groups is 1. The smallest absolute Gasteiger partial charge is 0.251 e. The van der Waals surface area contributed by atoms with Crippen LogP contribution in [0.15, 0.2) is 87.4 Å². The summed E-state index contributed by atoms with van der Waals surface area (Å²) in [6, 6.07) is 21.0. The number of aromatic nitrogens is 1. The van der Waals surface area contributed by atoms with Crippen molar-refractivity contribution >= 4 is 32.3 Å². The Kier molecular flexibility index (Phi) is 4.94. The Labute approximate surface area is 178 Å². The minimum Gasteiger partial charge on any atom is -0.311 e. The van der Waals surface area contributed by atoms with Gasteiger partial charge in [-0.1, -0.05) is 23.7 Å². The summed E-state index contributed by atoms with van der Waals surface area (Å²) in [6.45, 7) is 0. The largest absolute Gasteiger partial charge is 0.311 e. The molecule has 7 heteroatoms. The number of fused-ring (bicyclic) bond motifs is 1. The van der Waals surface area contributed by atoms with Crippen LogP contribution in [-0.4, -0.2) is 13.0 Å². The molecule has 30 heavy (non-hydrogen) atoms. The van der Waals surface area contributed by atoms with Crippen LogP contribution in [0.25, 0.3) is 22.0 Å². The Morgan fingerprint density at radius 3 is 2.33 bits per heavy atom. The molecule has 0 spiro atoms. The summed E-state index contributed by atoms with van der Waals surface area (Å²) < 4.78 is 27.7. The second kappa shape index (κ2) is 7.45. The molecule has 0 amide bonds. The summed E-state index contributed by atoms with van der Waals surface area (Å²) >= 11 is 5.88. The Morgan fingerprint density at radius 2 is 1.63 bits per heavy atom. The molecule has 0 N–H and O–H groups in total. The van der Waals surface area contributed by atoms with Crippen LogP contribution in [0.3, 0.4) is 0 Å². The first-order valence-corrected chi connectivity index (χ1v) is 10.8. The van der Waals surface area contributed by atoms with Crippen LogP contribution in [0, 0.1) is 11.3 Å². The van der Waals surface area contributed by atoms with Gasteiger partial charge in [0.05, 0.1) is 26.9 Å². The lowest BCUT2D eigenvalue weighted by Crippen LogP contribution is -2.16. The van der Waals surface area contributed by atoms with Crippen molar-refractivity contribution in [3.05, 3.63) is 93.7 Å². The molecule has 0 aliphatic heterocycles. The standard InChI is InChI=1S/C23H15ClN2O3S/c1-26-22-10-9-19(30(28,29)18-7-5-17(24)6-8-18)12-21(22)20(13-23(26)27)16-4-2-3-15(11-16)14-25/h2-13H,1H3. The number of hydrogen-bond donors (Lipinski definition) is 0. The zero-order valence-electron chi connectivity index (χ0n) is 15.8. The molecule has 0 atom stereocenters. The summed E-state index contributed by atoms with van der Waals surface area (Å²) in [6.07, 6.45) is 0. The molecule has 4 rings (SSSR count). The molecule has 0 aliphatic rings. The predicted octanol–water partition coefficient (Wildman–Crippen LogP) is 4.56. The lowest BCUT2D eigenvalue weighted by molar-refractivity contribution is 0.596. The minimum atomic E-state index is -3.78. The van der Waals surface area contributed by atoms with E-state index in [0.717, 1.165) is 0 Å². The summed E-state index contributed by atoms with van der Waals surface area (Å²) in [5.74, 6) is 0. The van der Waals surface area contributed by atoms with E-state index in [2.05, 4.69) is 6.07 Å². The monoisotopic (exact) mass is 434 g/mol. The van der Waals surface area contributed by atoms with Crippen molar-refractivity contribution in [3.8, 4) is 17.2 Å². The quantitative estimate of drug-likeness (QED) is 0.473. The molecular formula is C23H15ClN2O3S. The molecule has 0 radical (unpaired) electrons. The second-order valence-corrected chi connectivity index (χ2v) is 9.17. The van der Waals surface area contributed by atoms with Crippen molar-refractivity contribution in [3.63, 3.8) is 0 Å². The van der Waals surface area contributed by atoms with Gasteiger partial charge in [0, 0.05) is 23.5 Å². The van der Waals surface area contributed by atoms with Gasteiger partial charge in [0.1, 0.15) is 0 Å². The van der Waals surface area contributed by atoms with Crippen molar-refractivity contribution in [1.82, 2.24) is 4.57 Å². The maximum Gasteiger partial charge on any atom is 0.251 e. The van der Waals surface area contributed by atoms with Gasteiger partial charge < -0.3 is 4.57 Å². The Hall–Kier alpha value is -3.40. The highest BCUT2D eigenvalue weighted by Gasteiger charge is 2.20. The van der Waals surface area contributed by atoms with Crippen LogP contribution in [0.5, 0.6) is 0 Å². The molecule has 0 aliphatic carbocycles. The number of rotatable bonds is 3. The molecule has 5 nitrogen and oxygen atoms in total. The van der Waals surface area contributed by atoms with Crippen LogP contribution in [0.2, 0.25) is 5.02 Å². The van der Waals surface area contributed by atoms with E-state index >= 15 is 0 Å². The van der Waals surface area contributed by atoms with E-state index in [1.165, 1.54) is 41.0 Å². The van der Waals surface area contributed by atoms with Gasteiger partial charge >= 0.3 is 0 Å². The SMILES string of the molecule is Cn1c(=O)cc(-c2cccc(C#N)c2)c2cc(S(=O)(=O)c3ccc(Cl)cc3)ccc21. The first-order valence-electron chi connectivity index (χ1n) is 8.96. The zero-order chi connectivity index (χ0) is 21.5. The molecule has 148 valence electrons. The third-order valence-electron chi connectivity index (χ3n) is 4.95. The molecule has 4 aromatic rings. The van der Waals surface area contributed by atoms with Crippen LogP contribution in [0.4, 0.5) is 0 Å². The highest BCUT2D eigenvalue weighted by molar-refractivity contribution is 7.91. The first-order chi connectivity index (χ1) is 14.3. The molecule has 0 saturated carbocycles. The fourth-order valence-electron chi connectivity index (χ4n) is 3.35. The van der Waals surface area contributed by atoms with Crippen LogP contribution in [-0.2, 0) is 16.9 Å². The van der Waals surface area contributed by atoms with Gasteiger partial charge in [0.2, 0.25) is 9.84 Å². The summed E-state index contributed by atoms with van der Waals surface area (Å²) in [5, 5.41) is 10.3. The van der Waals surface area contributed by atoms with Crippen molar-refractivity contribution in [1.29, 1.82) is 5.26 Å². The van der Waals surface area contributed by atoms with Gasteiger partial charge in [0.25, 0.3) is 5.56 Å². The lowest BCUT2D eigenvalue weighted by Gasteiger charge is -2.13. The number of halogens is 1. The van der Waals surface area contributed by atoms with Gasteiger partial charge in [-0.2, -0.15) is 5.26 Å². The van der Waals surface area contributed by atoms with E-state index in [4.69, 9.17) is 11.6 Å². The van der Waals surface area contributed by atoms with Crippen LogP contribution in [0.1, 0.15) is 5.56 Å². The Bertz CT molecular complexity index is 1500. The topological polar surface area (TPSA) is 79.9 Å². The van der Waals surface area contributed by atoms with E-state index in [1.807, 2.05) is 0 Å². The fourth-order valence-corrected chi connectivity index (χ4v) is 4.76. The second-order valence-electron chi connectivity index (χ2n) is 6.78. The van der Waals surface area contributed by atoms with E-state index in [0.29, 0.717) is 32.6 Å². The molecule has 0 saturated heterocycles. The molecule has 0 bridgehead atoms. The number of aryl methyl sites for hydroxylation is 1. The van der Waals surface area contributed by atoms with E-state index in [1.54, 1.807) is 43.4 Å². The third-order valence-corrected chi connectivity index (χ3v) is 6.97. The average Bonchev–Trinajstić information content (AvgIpc) is 2.76. The minimum absolute atomic E-state index is 0.105. The van der Waals surface area contributed by atoms with Crippen molar-refractivity contribution in [2.75, 3.05) is 0 Å². The molecule has 1 aromatic heterocycles.